The van der Waals surface area contributed by atoms with Crippen LogP contribution in [-0.4, -0.2) is 10.9 Å². The van der Waals surface area contributed by atoms with Crippen LogP contribution >= 0.6 is 12.6 Å². The first-order chi connectivity index (χ1) is 5.68. The molecule has 0 aliphatic rings. The Kier molecular flexibility index (Phi) is 7.16. The molecular weight excluding hydrogens is 172 g/mol. The van der Waals surface area contributed by atoms with Crippen LogP contribution in [-0.2, 0) is 9.59 Å². The Morgan fingerprint density at radius 1 is 1.08 bits per heavy atom. The molecule has 0 amide bonds. The van der Waals surface area contributed by atoms with Gasteiger partial charge in [0.2, 0.25) is 5.78 Å². The molecule has 0 saturated carbocycles. The molecular formula is C9H16O2S. The average Bonchev–Trinajstić information content (AvgIpc) is 2.03. The molecule has 2 nitrogen and oxygen atoms in total. The summed E-state index contributed by atoms with van der Waals surface area (Å²) in [5.74, 6) is -0.352. The molecule has 0 fully saturated rings. The summed E-state index contributed by atoms with van der Waals surface area (Å²) in [4.78, 5) is 21.1. The van der Waals surface area contributed by atoms with Gasteiger partial charge in [-0.25, -0.2) is 0 Å². The van der Waals surface area contributed by atoms with Crippen LogP contribution in [0.25, 0.3) is 0 Å². The number of thiol groups is 1. The third-order valence-electron chi connectivity index (χ3n) is 1.75. The fourth-order valence-electron chi connectivity index (χ4n) is 0.996. The van der Waals surface area contributed by atoms with Crippen LogP contribution in [0.2, 0.25) is 0 Å². The fraction of sp³-hybridized carbons (Fsp3) is 0.778. The van der Waals surface area contributed by atoms with E-state index in [2.05, 4.69) is 19.6 Å². The first-order valence-corrected chi connectivity index (χ1v) is 4.89. The zero-order valence-electron chi connectivity index (χ0n) is 7.51. The van der Waals surface area contributed by atoms with Gasteiger partial charge in [0.15, 0.2) is 0 Å². The summed E-state index contributed by atoms with van der Waals surface area (Å²) in [7, 11) is 0. The highest BCUT2D eigenvalue weighted by Gasteiger charge is 2.06. The number of hydrogen-bond acceptors (Lipinski definition) is 2. The first kappa shape index (κ1) is 11.7. The summed E-state index contributed by atoms with van der Waals surface area (Å²) in [5, 5.41) is -0.606. The van der Waals surface area contributed by atoms with Crippen LogP contribution in [0.1, 0.15) is 45.4 Å². The lowest BCUT2D eigenvalue weighted by Gasteiger charge is -1.96. The minimum Gasteiger partial charge on any atom is -0.290 e. The van der Waals surface area contributed by atoms with E-state index >= 15 is 0 Å². The molecule has 0 heterocycles. The van der Waals surface area contributed by atoms with Crippen molar-refractivity contribution >= 4 is 23.5 Å². The monoisotopic (exact) mass is 188 g/mol. The van der Waals surface area contributed by atoms with Gasteiger partial charge in [-0.15, -0.1) is 0 Å². The second kappa shape index (κ2) is 7.35. The molecule has 0 bridgehead atoms. The number of unbranched alkanes of at least 4 members (excludes halogenated alkanes) is 4. The van der Waals surface area contributed by atoms with Gasteiger partial charge in [0.25, 0.3) is 5.12 Å². The Bertz CT molecular complexity index is 155. The Morgan fingerprint density at radius 2 is 1.67 bits per heavy atom. The first-order valence-electron chi connectivity index (χ1n) is 4.44. The summed E-state index contributed by atoms with van der Waals surface area (Å²) in [6.07, 6.45) is 5.80. The second-order valence-corrected chi connectivity index (χ2v) is 3.30. The predicted molar refractivity (Wildman–Crippen MR) is 52.4 cm³/mol. The summed E-state index contributed by atoms with van der Waals surface area (Å²) in [5.41, 5.74) is 0. The van der Waals surface area contributed by atoms with Gasteiger partial charge in [0.05, 0.1) is 0 Å². The third kappa shape index (κ3) is 6.40. The smallest absolute Gasteiger partial charge is 0.251 e. The fourth-order valence-corrected chi connectivity index (χ4v) is 1.11. The average molecular weight is 188 g/mol. The van der Waals surface area contributed by atoms with Crippen LogP contribution in [0.3, 0.4) is 0 Å². The van der Waals surface area contributed by atoms with Crippen molar-refractivity contribution in [1.82, 2.24) is 0 Å². The highest BCUT2D eigenvalue weighted by atomic mass is 32.1. The maximum Gasteiger partial charge on any atom is 0.251 e. The molecule has 0 saturated heterocycles. The summed E-state index contributed by atoms with van der Waals surface area (Å²) < 4.78 is 0. The van der Waals surface area contributed by atoms with E-state index in [1.807, 2.05) is 0 Å². The summed E-state index contributed by atoms with van der Waals surface area (Å²) >= 11 is 3.45. The van der Waals surface area contributed by atoms with Gasteiger partial charge in [0, 0.05) is 6.42 Å². The molecule has 0 rings (SSSR count). The van der Waals surface area contributed by atoms with Gasteiger partial charge in [-0.3, -0.25) is 9.59 Å². The van der Waals surface area contributed by atoms with Crippen molar-refractivity contribution in [2.45, 2.75) is 45.4 Å². The molecule has 3 heteroatoms. The van der Waals surface area contributed by atoms with Crippen molar-refractivity contribution in [3.63, 3.8) is 0 Å². The van der Waals surface area contributed by atoms with Gasteiger partial charge >= 0.3 is 0 Å². The van der Waals surface area contributed by atoms with Crippen LogP contribution in [0.15, 0.2) is 0 Å². The Balaban J connectivity index is 3.20. The normalized spacial score (nSPS) is 9.83. The van der Waals surface area contributed by atoms with Crippen LogP contribution < -0.4 is 0 Å². The molecule has 12 heavy (non-hydrogen) atoms. The lowest BCUT2D eigenvalue weighted by Crippen LogP contribution is -2.05. The molecule has 0 N–H and O–H groups in total. The molecule has 0 aliphatic heterocycles. The molecule has 0 radical (unpaired) electrons. The van der Waals surface area contributed by atoms with Gasteiger partial charge in [-0.05, 0) is 6.42 Å². The molecule has 0 aromatic rings. The minimum absolute atomic E-state index is 0.352. The zero-order chi connectivity index (χ0) is 9.40. The number of rotatable bonds is 7. The van der Waals surface area contributed by atoms with Crippen LogP contribution in [0.4, 0.5) is 0 Å². The van der Waals surface area contributed by atoms with E-state index in [0.717, 1.165) is 19.3 Å². The molecule has 0 aromatic carbocycles. The lowest BCUT2D eigenvalue weighted by atomic mass is 10.1. The van der Waals surface area contributed by atoms with Crippen molar-refractivity contribution < 1.29 is 9.59 Å². The van der Waals surface area contributed by atoms with E-state index in [1.54, 1.807) is 0 Å². The SMILES string of the molecule is CCCCCCCC(=O)C(=O)S. The van der Waals surface area contributed by atoms with E-state index in [-0.39, 0.29) is 5.78 Å². The van der Waals surface area contributed by atoms with Crippen molar-refractivity contribution in [3.8, 4) is 0 Å². The Hall–Kier alpha value is -0.310. The highest BCUT2D eigenvalue weighted by Crippen LogP contribution is 2.05. The largest absolute Gasteiger partial charge is 0.290 e. The summed E-state index contributed by atoms with van der Waals surface area (Å²) in [6.45, 7) is 2.14. The Morgan fingerprint density at radius 3 is 2.17 bits per heavy atom. The summed E-state index contributed by atoms with van der Waals surface area (Å²) in [6, 6.07) is 0. The van der Waals surface area contributed by atoms with Crippen molar-refractivity contribution in [3.05, 3.63) is 0 Å². The van der Waals surface area contributed by atoms with Crippen LogP contribution in [0, 0.1) is 0 Å². The second-order valence-electron chi connectivity index (χ2n) is 2.89. The van der Waals surface area contributed by atoms with E-state index in [0.29, 0.717) is 6.42 Å². The lowest BCUT2D eigenvalue weighted by molar-refractivity contribution is -0.131. The third-order valence-corrected chi connectivity index (χ3v) is 2.00. The number of ketones is 1. The van der Waals surface area contributed by atoms with E-state index < -0.39 is 5.12 Å². The minimum atomic E-state index is -0.606. The highest BCUT2D eigenvalue weighted by molar-refractivity contribution is 7.98. The molecule has 0 aliphatic carbocycles. The number of carbonyl (C=O) groups is 2. The molecule has 0 spiro atoms. The van der Waals surface area contributed by atoms with E-state index in [1.165, 1.54) is 12.8 Å². The van der Waals surface area contributed by atoms with Gasteiger partial charge < -0.3 is 0 Å². The zero-order valence-corrected chi connectivity index (χ0v) is 8.40. The van der Waals surface area contributed by atoms with Gasteiger partial charge in [-0.2, -0.15) is 0 Å². The van der Waals surface area contributed by atoms with E-state index in [4.69, 9.17) is 0 Å². The molecule has 0 aromatic heterocycles. The number of carbonyl (C=O) groups excluding carboxylic acids is 2. The standard InChI is InChI=1S/C9H16O2S/c1-2-3-4-5-6-7-8(10)9(11)12/h2-7H2,1H3,(H,11,12). The van der Waals surface area contributed by atoms with Crippen molar-refractivity contribution in [2.24, 2.45) is 0 Å². The van der Waals surface area contributed by atoms with Gasteiger partial charge in [0.1, 0.15) is 0 Å². The van der Waals surface area contributed by atoms with Crippen LogP contribution in [0.5, 0.6) is 0 Å². The number of Topliss-reactive ketones (excluding diaryl/α,β-unsaturated/α-hetero) is 1. The van der Waals surface area contributed by atoms with Crippen molar-refractivity contribution in [2.75, 3.05) is 0 Å². The Labute approximate surface area is 79.1 Å². The predicted octanol–water partition coefficient (Wildman–Crippen LogP) is 2.37. The topological polar surface area (TPSA) is 34.1 Å². The van der Waals surface area contributed by atoms with Crippen molar-refractivity contribution in [1.29, 1.82) is 0 Å². The quantitative estimate of drug-likeness (QED) is 0.378. The molecule has 0 unspecified atom stereocenters. The maximum absolute atomic E-state index is 10.7. The van der Waals surface area contributed by atoms with Gasteiger partial charge in [-0.1, -0.05) is 45.2 Å². The molecule has 0 atom stereocenters. The number of hydrogen-bond donors (Lipinski definition) is 1. The maximum atomic E-state index is 10.7. The molecule has 70 valence electrons. The van der Waals surface area contributed by atoms with E-state index in [9.17, 15) is 9.59 Å².